The molecule has 1 fully saturated rings. The molecule has 0 bridgehead atoms. The first kappa shape index (κ1) is 15.0. The van der Waals surface area contributed by atoms with E-state index in [-0.39, 0.29) is 18.4 Å². The second-order valence-electron chi connectivity index (χ2n) is 5.57. The highest BCUT2D eigenvalue weighted by molar-refractivity contribution is 5.91. The van der Waals surface area contributed by atoms with Crippen LogP contribution >= 0.6 is 0 Å². The van der Waals surface area contributed by atoms with Gasteiger partial charge in [-0.05, 0) is 31.6 Å². The Labute approximate surface area is 119 Å². The van der Waals surface area contributed by atoms with Crippen molar-refractivity contribution in [2.75, 3.05) is 19.7 Å². The van der Waals surface area contributed by atoms with Gasteiger partial charge in [0.15, 0.2) is 0 Å². The molecule has 112 valence electrons. The summed E-state index contributed by atoms with van der Waals surface area (Å²) in [5, 5.41) is 13.3. The third-order valence-corrected chi connectivity index (χ3v) is 4.21. The second-order valence-corrected chi connectivity index (χ2v) is 5.57. The Morgan fingerprint density at radius 1 is 1.55 bits per heavy atom. The van der Waals surface area contributed by atoms with Crippen molar-refractivity contribution in [2.24, 2.45) is 5.92 Å². The van der Waals surface area contributed by atoms with Crippen LogP contribution in [0.3, 0.4) is 0 Å². The van der Waals surface area contributed by atoms with E-state index in [1.165, 1.54) is 0 Å². The molecular weight excluding hydrogens is 256 g/mol. The number of aliphatic hydroxyl groups excluding tert-OH is 1. The van der Waals surface area contributed by atoms with Gasteiger partial charge in [0.1, 0.15) is 0 Å². The first-order chi connectivity index (χ1) is 9.69. The van der Waals surface area contributed by atoms with Crippen LogP contribution in [0.15, 0.2) is 10.6 Å². The molecule has 0 aromatic carbocycles. The molecule has 0 spiro atoms. The molecular formula is C15H24N2O3. The van der Waals surface area contributed by atoms with E-state index in [2.05, 4.69) is 19.0 Å². The monoisotopic (exact) mass is 280 g/mol. The van der Waals surface area contributed by atoms with Gasteiger partial charge < -0.3 is 14.5 Å². The molecule has 5 nitrogen and oxygen atoms in total. The second kappa shape index (κ2) is 6.88. The van der Waals surface area contributed by atoms with E-state index in [0.29, 0.717) is 18.2 Å². The minimum atomic E-state index is -0.104. The van der Waals surface area contributed by atoms with Gasteiger partial charge in [0.05, 0.1) is 5.69 Å². The number of aromatic nitrogens is 1. The predicted molar refractivity (Wildman–Crippen MR) is 75.5 cm³/mol. The van der Waals surface area contributed by atoms with Gasteiger partial charge in [-0.3, -0.25) is 4.79 Å². The Bertz CT molecular complexity index is 440. The van der Waals surface area contributed by atoms with E-state index >= 15 is 0 Å². The van der Waals surface area contributed by atoms with E-state index in [1.54, 1.807) is 11.0 Å². The lowest BCUT2D eigenvalue weighted by molar-refractivity contribution is 0.0581. The maximum atomic E-state index is 12.4. The molecule has 0 aliphatic carbocycles. The zero-order valence-corrected chi connectivity index (χ0v) is 12.3. The van der Waals surface area contributed by atoms with Crippen molar-refractivity contribution in [3.05, 3.63) is 17.5 Å². The average molecular weight is 280 g/mol. The van der Waals surface area contributed by atoms with Crippen LogP contribution in [0.25, 0.3) is 0 Å². The number of carbonyl (C=O) groups excluding carboxylic acids is 1. The Hall–Kier alpha value is -1.36. The normalized spacial score (nSPS) is 19.6. The Morgan fingerprint density at radius 2 is 2.30 bits per heavy atom. The summed E-state index contributed by atoms with van der Waals surface area (Å²) in [6.07, 6.45) is 3.90. The molecule has 1 atom stereocenters. The van der Waals surface area contributed by atoms with E-state index in [4.69, 9.17) is 4.52 Å². The molecule has 1 saturated heterocycles. The number of rotatable bonds is 5. The summed E-state index contributed by atoms with van der Waals surface area (Å²) in [5.41, 5.74) is 0.870. The summed E-state index contributed by atoms with van der Waals surface area (Å²) in [4.78, 5) is 14.1. The first-order valence-corrected chi connectivity index (χ1v) is 7.56. The molecule has 1 aromatic rings. The van der Waals surface area contributed by atoms with Crippen LogP contribution in [0.1, 0.15) is 61.7 Å². The lowest BCUT2D eigenvalue weighted by atomic mass is 9.98. The predicted octanol–water partition coefficient (Wildman–Crippen LogP) is 2.42. The molecule has 0 radical (unpaired) electrons. The van der Waals surface area contributed by atoms with Gasteiger partial charge in [0.2, 0.25) is 5.76 Å². The average Bonchev–Trinajstić information content (AvgIpc) is 2.97. The Morgan fingerprint density at radius 3 is 2.95 bits per heavy atom. The molecule has 1 aliphatic heterocycles. The third-order valence-electron chi connectivity index (χ3n) is 4.21. The van der Waals surface area contributed by atoms with Gasteiger partial charge in [-0.15, -0.1) is 0 Å². The number of hydrogen-bond donors (Lipinski definition) is 1. The third kappa shape index (κ3) is 3.20. The highest BCUT2D eigenvalue weighted by atomic mass is 16.5. The minimum Gasteiger partial charge on any atom is -0.396 e. The van der Waals surface area contributed by atoms with E-state index in [1.807, 2.05) is 0 Å². The van der Waals surface area contributed by atoms with Crippen molar-refractivity contribution < 1.29 is 14.4 Å². The number of carbonyl (C=O) groups is 1. The van der Waals surface area contributed by atoms with Crippen LogP contribution < -0.4 is 0 Å². The molecule has 1 unspecified atom stereocenters. The molecule has 1 N–H and O–H groups in total. The van der Waals surface area contributed by atoms with Gasteiger partial charge in [-0.1, -0.05) is 19.0 Å². The molecule has 2 rings (SSSR count). The zero-order valence-electron chi connectivity index (χ0n) is 12.3. The highest BCUT2D eigenvalue weighted by Crippen LogP contribution is 2.24. The summed E-state index contributed by atoms with van der Waals surface area (Å²) in [7, 11) is 0. The SMILES string of the molecule is CCC(CC)c1cc(C(=O)N2CCCC(CO)C2)on1. The van der Waals surface area contributed by atoms with Crippen molar-refractivity contribution in [3.63, 3.8) is 0 Å². The summed E-state index contributed by atoms with van der Waals surface area (Å²) in [6, 6.07) is 1.78. The standard InChI is InChI=1S/C15H24N2O3/c1-3-12(4-2)13-8-14(20-16-13)15(19)17-7-5-6-11(9-17)10-18/h8,11-12,18H,3-7,9-10H2,1-2H3. The molecule has 0 saturated carbocycles. The van der Waals surface area contributed by atoms with Crippen LogP contribution in [-0.4, -0.2) is 40.8 Å². The lowest BCUT2D eigenvalue weighted by Crippen LogP contribution is -2.40. The fraction of sp³-hybridized carbons (Fsp3) is 0.733. The molecule has 5 heteroatoms. The number of aliphatic hydroxyl groups is 1. The minimum absolute atomic E-state index is 0.104. The van der Waals surface area contributed by atoms with Crippen molar-refractivity contribution >= 4 is 5.91 Å². The molecule has 1 aliphatic rings. The molecule has 20 heavy (non-hydrogen) atoms. The fourth-order valence-corrected chi connectivity index (χ4v) is 2.84. The van der Waals surface area contributed by atoms with Crippen LogP contribution in [0, 0.1) is 5.92 Å². The summed E-state index contributed by atoms with van der Waals surface area (Å²) >= 11 is 0. The number of nitrogens with zero attached hydrogens (tertiary/aromatic N) is 2. The van der Waals surface area contributed by atoms with Crippen LogP contribution in [0.5, 0.6) is 0 Å². The maximum Gasteiger partial charge on any atom is 0.292 e. The van der Waals surface area contributed by atoms with E-state index in [0.717, 1.165) is 37.9 Å². The molecule has 1 aromatic heterocycles. The smallest absolute Gasteiger partial charge is 0.292 e. The maximum absolute atomic E-state index is 12.4. The number of amides is 1. The largest absolute Gasteiger partial charge is 0.396 e. The summed E-state index contributed by atoms with van der Waals surface area (Å²) in [5.74, 6) is 0.763. The van der Waals surface area contributed by atoms with Gasteiger partial charge >= 0.3 is 0 Å². The van der Waals surface area contributed by atoms with Crippen LogP contribution in [0.2, 0.25) is 0 Å². The van der Waals surface area contributed by atoms with Crippen LogP contribution in [0.4, 0.5) is 0 Å². The molecule has 2 heterocycles. The van der Waals surface area contributed by atoms with E-state index in [9.17, 15) is 9.90 Å². The summed E-state index contributed by atoms with van der Waals surface area (Å²) < 4.78 is 5.23. The van der Waals surface area contributed by atoms with Crippen LogP contribution in [-0.2, 0) is 0 Å². The number of piperidine rings is 1. The fourth-order valence-electron chi connectivity index (χ4n) is 2.84. The van der Waals surface area contributed by atoms with Gasteiger partial charge in [0.25, 0.3) is 5.91 Å². The van der Waals surface area contributed by atoms with Crippen molar-refractivity contribution in [1.82, 2.24) is 10.1 Å². The topological polar surface area (TPSA) is 66.6 Å². The van der Waals surface area contributed by atoms with E-state index < -0.39 is 0 Å². The lowest BCUT2D eigenvalue weighted by Gasteiger charge is -2.30. The quantitative estimate of drug-likeness (QED) is 0.899. The van der Waals surface area contributed by atoms with Gasteiger partial charge in [0, 0.05) is 31.7 Å². The Kier molecular flexibility index (Phi) is 5.17. The van der Waals surface area contributed by atoms with Crippen molar-refractivity contribution in [3.8, 4) is 0 Å². The van der Waals surface area contributed by atoms with Gasteiger partial charge in [-0.25, -0.2) is 0 Å². The number of hydrogen-bond acceptors (Lipinski definition) is 4. The van der Waals surface area contributed by atoms with Crippen molar-refractivity contribution in [1.29, 1.82) is 0 Å². The van der Waals surface area contributed by atoms with Crippen molar-refractivity contribution in [2.45, 2.75) is 45.4 Å². The highest BCUT2D eigenvalue weighted by Gasteiger charge is 2.27. The van der Waals surface area contributed by atoms with Gasteiger partial charge in [-0.2, -0.15) is 0 Å². The summed E-state index contributed by atoms with van der Waals surface area (Å²) in [6.45, 7) is 5.70. The first-order valence-electron chi connectivity index (χ1n) is 7.56. The number of likely N-dealkylation sites (tertiary alicyclic amines) is 1. The molecule has 1 amide bonds. The zero-order chi connectivity index (χ0) is 14.5. The Balaban J connectivity index is 2.05.